The molecule has 2 aromatic heterocycles. The molecule has 0 fully saturated rings. The van der Waals surface area contributed by atoms with Gasteiger partial charge in [0.25, 0.3) is 0 Å². The van der Waals surface area contributed by atoms with Crippen LogP contribution < -0.4 is 10.1 Å². The maximum atomic E-state index is 14.9. The first-order valence-corrected chi connectivity index (χ1v) is 19.4. The molecule has 0 bridgehead atoms. The number of pyridine rings is 2. The highest BCUT2D eigenvalue weighted by atomic mass is 16.5. The Bertz CT molecular complexity index is 1660. The number of nitrogens with zero attached hydrogens (tertiary/aromatic N) is 3. The van der Waals surface area contributed by atoms with Gasteiger partial charge >= 0.3 is 0 Å². The first kappa shape index (κ1) is 42.4. The van der Waals surface area contributed by atoms with Gasteiger partial charge in [-0.05, 0) is 119 Å². The molecular formula is C44H60N4O6. The summed E-state index contributed by atoms with van der Waals surface area (Å²) in [5.74, 6) is 1.38. The van der Waals surface area contributed by atoms with E-state index >= 15 is 0 Å². The van der Waals surface area contributed by atoms with Gasteiger partial charge in [-0.3, -0.25) is 19.6 Å². The molecule has 1 aliphatic carbocycles. The zero-order chi connectivity index (χ0) is 39.0. The lowest BCUT2D eigenvalue weighted by molar-refractivity contribution is -0.139. The normalized spacial score (nSPS) is 15.9. The average Bonchev–Trinajstić information content (AvgIpc) is 3.17. The SMILES string of the molecule is CN[C@@H](CC(C)C)C(=O)N(C)[C@@H](CC(C)CCC(C)O)C(=O)C1=C(CC(O)Cc2ccc(OCc3ccccn3)cc2)C(OCc2ccccn2)=CCC1. The van der Waals surface area contributed by atoms with E-state index in [1.54, 1.807) is 38.3 Å². The lowest BCUT2D eigenvalue weighted by Crippen LogP contribution is -2.51. The molecule has 1 amide bonds. The van der Waals surface area contributed by atoms with Crippen molar-refractivity contribution >= 4 is 11.7 Å². The monoisotopic (exact) mass is 740 g/mol. The predicted molar refractivity (Wildman–Crippen MR) is 211 cm³/mol. The third-order valence-corrected chi connectivity index (χ3v) is 9.91. The highest BCUT2D eigenvalue weighted by molar-refractivity contribution is 6.03. The van der Waals surface area contributed by atoms with E-state index in [1.807, 2.05) is 66.7 Å². The molecule has 10 nitrogen and oxygen atoms in total. The van der Waals surface area contributed by atoms with E-state index in [2.05, 4.69) is 36.1 Å². The molecule has 1 aromatic carbocycles. The van der Waals surface area contributed by atoms with Crippen molar-refractivity contribution in [2.24, 2.45) is 11.8 Å². The van der Waals surface area contributed by atoms with E-state index in [0.717, 1.165) is 23.4 Å². The minimum Gasteiger partial charge on any atom is -0.487 e. The second kappa shape index (κ2) is 21.5. The third kappa shape index (κ3) is 13.2. The van der Waals surface area contributed by atoms with Gasteiger partial charge in [-0.2, -0.15) is 0 Å². The smallest absolute Gasteiger partial charge is 0.240 e. The largest absolute Gasteiger partial charge is 0.487 e. The van der Waals surface area contributed by atoms with Crippen LogP contribution in [0.5, 0.6) is 5.75 Å². The summed E-state index contributed by atoms with van der Waals surface area (Å²) in [7, 11) is 3.51. The van der Waals surface area contributed by atoms with Crippen LogP contribution >= 0.6 is 0 Å². The number of allylic oxidation sites excluding steroid dienone is 2. The number of aliphatic hydroxyl groups excluding tert-OH is 2. The lowest BCUT2D eigenvalue weighted by Gasteiger charge is -2.34. The summed E-state index contributed by atoms with van der Waals surface area (Å²) >= 11 is 0. The van der Waals surface area contributed by atoms with Gasteiger partial charge in [0.2, 0.25) is 5.91 Å². The Morgan fingerprint density at radius 1 is 0.852 bits per heavy atom. The van der Waals surface area contributed by atoms with E-state index in [4.69, 9.17) is 9.47 Å². The van der Waals surface area contributed by atoms with Gasteiger partial charge in [-0.15, -0.1) is 0 Å². The van der Waals surface area contributed by atoms with Crippen molar-refractivity contribution in [3.05, 3.63) is 113 Å². The zero-order valence-electron chi connectivity index (χ0n) is 32.9. The van der Waals surface area contributed by atoms with Crippen LogP contribution in [-0.2, 0) is 34.0 Å². The fraction of sp³-hybridized carbons (Fsp3) is 0.500. The number of ketones is 1. The number of Topliss-reactive ketones (excluding diaryl/α,β-unsaturated/α-hetero) is 1. The minimum absolute atomic E-state index is 0.0755. The summed E-state index contributed by atoms with van der Waals surface area (Å²) in [6, 6.07) is 17.8. The second-order valence-corrected chi connectivity index (χ2v) is 15.1. The van der Waals surface area contributed by atoms with E-state index in [0.29, 0.717) is 67.8 Å². The van der Waals surface area contributed by atoms with Crippen LogP contribution in [0.1, 0.15) is 89.6 Å². The molecule has 0 aliphatic heterocycles. The van der Waals surface area contributed by atoms with Gasteiger partial charge < -0.3 is 29.9 Å². The van der Waals surface area contributed by atoms with Crippen molar-refractivity contribution in [3.63, 3.8) is 0 Å². The average molecular weight is 741 g/mol. The van der Waals surface area contributed by atoms with Crippen LogP contribution in [0.2, 0.25) is 0 Å². The van der Waals surface area contributed by atoms with Gasteiger partial charge in [0.15, 0.2) is 5.78 Å². The number of rotatable bonds is 22. The summed E-state index contributed by atoms with van der Waals surface area (Å²) in [5, 5.41) is 24.8. The second-order valence-electron chi connectivity index (χ2n) is 15.1. The molecule has 3 aromatic rings. The summed E-state index contributed by atoms with van der Waals surface area (Å²) in [6.07, 6.45) is 8.22. The number of nitrogens with one attached hydrogen (secondary N) is 1. The van der Waals surface area contributed by atoms with E-state index < -0.39 is 24.3 Å². The van der Waals surface area contributed by atoms with Gasteiger partial charge in [0, 0.05) is 37.0 Å². The number of carbonyl (C=O) groups excluding carboxylic acids is 2. The first-order valence-electron chi connectivity index (χ1n) is 19.4. The molecule has 4 rings (SSSR count). The quantitative estimate of drug-likeness (QED) is 0.102. The van der Waals surface area contributed by atoms with Crippen LogP contribution in [-0.4, -0.2) is 75.2 Å². The zero-order valence-corrected chi connectivity index (χ0v) is 32.9. The van der Waals surface area contributed by atoms with E-state index in [-0.39, 0.29) is 36.6 Å². The summed E-state index contributed by atoms with van der Waals surface area (Å²) in [4.78, 5) is 39.2. The Hall–Kier alpha value is -4.38. The van der Waals surface area contributed by atoms with Crippen LogP contribution in [0.3, 0.4) is 0 Å². The fourth-order valence-electron chi connectivity index (χ4n) is 6.87. The number of benzene rings is 1. The first-order chi connectivity index (χ1) is 25.9. The highest BCUT2D eigenvalue weighted by Crippen LogP contribution is 2.34. The molecule has 1 aliphatic rings. The lowest BCUT2D eigenvalue weighted by atomic mass is 9.83. The predicted octanol–water partition coefficient (Wildman–Crippen LogP) is 6.76. The van der Waals surface area contributed by atoms with E-state index in [9.17, 15) is 19.8 Å². The molecule has 10 heteroatoms. The Balaban J connectivity index is 1.61. The van der Waals surface area contributed by atoms with Crippen LogP contribution in [0, 0.1) is 11.8 Å². The number of carbonyl (C=O) groups is 2. The topological polar surface area (TPSA) is 134 Å². The van der Waals surface area contributed by atoms with Gasteiger partial charge in [0.1, 0.15) is 24.7 Å². The van der Waals surface area contributed by atoms with Crippen molar-refractivity contribution in [2.75, 3.05) is 14.1 Å². The van der Waals surface area contributed by atoms with Crippen molar-refractivity contribution in [2.45, 2.75) is 117 Å². The number of hydrogen-bond donors (Lipinski definition) is 3. The number of likely N-dealkylation sites (N-methyl/N-ethyl adjacent to an activating group) is 2. The van der Waals surface area contributed by atoms with Gasteiger partial charge in [-0.25, -0.2) is 0 Å². The molecule has 3 unspecified atom stereocenters. The van der Waals surface area contributed by atoms with Crippen LogP contribution in [0.15, 0.2) is 96.0 Å². The maximum absolute atomic E-state index is 14.9. The van der Waals surface area contributed by atoms with Crippen molar-refractivity contribution < 1.29 is 29.3 Å². The van der Waals surface area contributed by atoms with Gasteiger partial charge in [0.05, 0.1) is 35.7 Å². The van der Waals surface area contributed by atoms with E-state index in [1.165, 1.54) is 0 Å². The molecule has 0 radical (unpaired) electrons. The Labute approximate surface area is 321 Å². The minimum atomic E-state index is -0.814. The Kier molecular flexibility index (Phi) is 16.9. The highest BCUT2D eigenvalue weighted by Gasteiger charge is 2.36. The molecule has 0 saturated carbocycles. The fourth-order valence-corrected chi connectivity index (χ4v) is 6.87. The third-order valence-electron chi connectivity index (χ3n) is 9.91. The summed E-state index contributed by atoms with van der Waals surface area (Å²) in [6.45, 7) is 8.56. The Morgan fingerprint density at radius 2 is 1.50 bits per heavy atom. The standard InChI is InChI=1S/C44H60N4O6/c1-30(2)24-40(45-5)44(52)48(6)41(25-31(3)16-17-32(4)49)43(51)38-14-11-15-42(54-29-35-13-8-10-23-47-35)39(38)27-36(50)26-33-18-20-37(21-19-33)53-28-34-12-7-9-22-46-34/h7-10,12-13,15,18-23,30-32,36,40-41,45,49-50H,11,14,16-17,24-29H2,1-6H3/t31?,32?,36?,40-,41-/m0/s1. The number of aliphatic hydroxyl groups is 2. The summed E-state index contributed by atoms with van der Waals surface area (Å²) in [5.41, 5.74) is 3.76. The van der Waals surface area contributed by atoms with Crippen LogP contribution in [0.4, 0.5) is 0 Å². The molecule has 5 atom stereocenters. The number of aromatic nitrogens is 2. The van der Waals surface area contributed by atoms with Gasteiger partial charge in [-0.1, -0.05) is 45.0 Å². The number of hydrogen-bond acceptors (Lipinski definition) is 9. The maximum Gasteiger partial charge on any atom is 0.240 e. The molecule has 3 N–H and O–H groups in total. The summed E-state index contributed by atoms with van der Waals surface area (Å²) < 4.78 is 12.3. The molecule has 2 heterocycles. The van der Waals surface area contributed by atoms with Crippen molar-refractivity contribution in [1.82, 2.24) is 20.2 Å². The molecular weight excluding hydrogens is 681 g/mol. The van der Waals surface area contributed by atoms with Crippen molar-refractivity contribution in [3.8, 4) is 5.75 Å². The Morgan fingerprint density at radius 3 is 2.07 bits per heavy atom. The number of amides is 1. The van der Waals surface area contributed by atoms with Crippen LogP contribution in [0.25, 0.3) is 0 Å². The molecule has 54 heavy (non-hydrogen) atoms. The number of ether oxygens (including phenoxy) is 2. The molecule has 0 spiro atoms. The molecule has 292 valence electrons. The van der Waals surface area contributed by atoms with Crippen molar-refractivity contribution in [1.29, 1.82) is 0 Å². The molecule has 0 saturated heterocycles.